The van der Waals surface area contributed by atoms with E-state index < -0.39 is 0 Å². The maximum atomic E-state index is 12.8. The van der Waals surface area contributed by atoms with Gasteiger partial charge in [-0.1, -0.05) is 50.2 Å². The van der Waals surface area contributed by atoms with Crippen molar-refractivity contribution < 1.29 is 9.69 Å². The fourth-order valence-corrected chi connectivity index (χ4v) is 4.33. The van der Waals surface area contributed by atoms with Gasteiger partial charge in [0.05, 0.1) is 23.3 Å². The van der Waals surface area contributed by atoms with Crippen LogP contribution in [0.15, 0.2) is 48.5 Å². The van der Waals surface area contributed by atoms with Gasteiger partial charge in [-0.2, -0.15) is 0 Å². The molecule has 1 aromatic heterocycles. The van der Waals surface area contributed by atoms with Crippen LogP contribution in [0.5, 0.6) is 0 Å². The molecule has 3 aromatic rings. The minimum atomic E-state index is -0.0250. The lowest BCUT2D eigenvalue weighted by Crippen LogP contribution is -3.08. The van der Waals surface area contributed by atoms with Gasteiger partial charge in [-0.15, -0.1) is 11.3 Å². The van der Waals surface area contributed by atoms with Gasteiger partial charge in [-0.05, 0) is 30.5 Å². The third-order valence-corrected chi connectivity index (χ3v) is 6.45. The van der Waals surface area contributed by atoms with Gasteiger partial charge in [-0.25, -0.2) is 4.98 Å². The van der Waals surface area contributed by atoms with E-state index >= 15 is 0 Å². The summed E-state index contributed by atoms with van der Waals surface area (Å²) in [6, 6.07) is 16.8. The number of carbonyl (C=O) groups is 1. The second-order valence-electron chi connectivity index (χ2n) is 7.91. The molecule has 0 aliphatic carbocycles. The highest BCUT2D eigenvalue weighted by atomic mass is 32.1. The number of thiazole rings is 1. The van der Waals surface area contributed by atoms with Crippen LogP contribution in [-0.4, -0.2) is 36.4 Å². The molecule has 5 heteroatoms. The van der Waals surface area contributed by atoms with Gasteiger partial charge in [0.25, 0.3) is 5.91 Å². The van der Waals surface area contributed by atoms with Crippen molar-refractivity contribution in [3.05, 3.63) is 64.7 Å². The molecule has 4 nitrogen and oxygen atoms in total. The Bertz CT molecular complexity index is 899. The highest BCUT2D eigenvalue weighted by Gasteiger charge is 2.23. The van der Waals surface area contributed by atoms with Crippen LogP contribution in [-0.2, 0) is 11.3 Å². The summed E-state index contributed by atoms with van der Waals surface area (Å²) in [7, 11) is 3.95. The van der Waals surface area contributed by atoms with Crippen molar-refractivity contribution in [3.8, 4) is 0 Å². The first-order valence-electron chi connectivity index (χ1n) is 9.86. The largest absolute Gasteiger partial charge is 0.332 e. The number of amides is 1. The van der Waals surface area contributed by atoms with Crippen LogP contribution in [0.25, 0.3) is 10.2 Å². The minimum absolute atomic E-state index is 0.0250. The Balaban J connectivity index is 1.59. The topological polar surface area (TPSA) is 37.6 Å². The van der Waals surface area contributed by atoms with E-state index in [1.54, 1.807) is 11.3 Å². The Kier molecular flexibility index (Phi) is 6.47. The SMILES string of the molecule is CC(C)c1ccc(C[NH+](C)CC(=O)N(C)[C@@H](C)c2nc3ccccc3s2)cc1. The van der Waals surface area contributed by atoms with Crippen molar-refractivity contribution in [2.24, 2.45) is 0 Å². The van der Waals surface area contributed by atoms with Gasteiger partial charge in [0.1, 0.15) is 11.6 Å². The molecule has 0 spiro atoms. The highest BCUT2D eigenvalue weighted by molar-refractivity contribution is 7.18. The van der Waals surface area contributed by atoms with Crippen molar-refractivity contribution in [3.63, 3.8) is 0 Å². The number of likely N-dealkylation sites (N-methyl/N-ethyl adjacent to an activating group) is 2. The fourth-order valence-electron chi connectivity index (χ4n) is 3.26. The summed E-state index contributed by atoms with van der Waals surface area (Å²) in [5, 5.41) is 0.985. The van der Waals surface area contributed by atoms with Gasteiger partial charge in [0.15, 0.2) is 6.54 Å². The number of hydrogen-bond donors (Lipinski definition) is 1. The molecule has 1 N–H and O–H groups in total. The predicted molar refractivity (Wildman–Crippen MR) is 117 cm³/mol. The molecule has 2 atom stereocenters. The molecule has 0 bridgehead atoms. The Morgan fingerprint density at radius 1 is 1.11 bits per heavy atom. The molecule has 0 aliphatic rings. The highest BCUT2D eigenvalue weighted by Crippen LogP contribution is 2.28. The van der Waals surface area contributed by atoms with E-state index in [0.29, 0.717) is 12.5 Å². The minimum Gasteiger partial charge on any atom is -0.332 e. The first kappa shape index (κ1) is 20.5. The second-order valence-corrected chi connectivity index (χ2v) is 8.97. The smallest absolute Gasteiger partial charge is 0.278 e. The molecule has 0 radical (unpaired) electrons. The zero-order valence-corrected chi connectivity index (χ0v) is 18.2. The van der Waals surface area contributed by atoms with Crippen molar-refractivity contribution >= 4 is 27.5 Å². The fraction of sp³-hybridized carbons (Fsp3) is 0.391. The molecule has 1 heterocycles. The van der Waals surface area contributed by atoms with Crippen LogP contribution in [0.2, 0.25) is 0 Å². The average Bonchev–Trinajstić information content (AvgIpc) is 3.11. The second kappa shape index (κ2) is 8.84. The molecule has 148 valence electrons. The molecular weight excluding hydrogens is 366 g/mol. The maximum Gasteiger partial charge on any atom is 0.278 e. The Labute approximate surface area is 171 Å². The van der Waals surface area contributed by atoms with Crippen LogP contribution in [0.3, 0.4) is 0 Å². The number of hydrogen-bond acceptors (Lipinski definition) is 3. The molecule has 0 saturated carbocycles. The lowest BCUT2D eigenvalue weighted by molar-refractivity contribution is -0.885. The van der Waals surface area contributed by atoms with E-state index in [2.05, 4.69) is 58.2 Å². The summed E-state index contributed by atoms with van der Waals surface area (Å²) >= 11 is 1.66. The molecule has 0 aliphatic heterocycles. The van der Waals surface area contributed by atoms with E-state index in [1.807, 2.05) is 30.1 Å². The summed E-state index contributed by atoms with van der Waals surface area (Å²) in [6.07, 6.45) is 0. The standard InChI is InChI=1S/C23H29N3OS/c1-16(2)19-12-10-18(11-13-19)14-25(4)15-22(27)26(5)17(3)23-24-20-8-6-7-9-21(20)28-23/h6-13,16-17H,14-15H2,1-5H3/p+1/t17-/m0/s1. The van der Waals surface area contributed by atoms with Gasteiger partial charge < -0.3 is 9.80 Å². The van der Waals surface area contributed by atoms with Crippen molar-refractivity contribution in [2.75, 3.05) is 20.6 Å². The summed E-state index contributed by atoms with van der Waals surface area (Å²) in [4.78, 5) is 20.5. The molecule has 1 unspecified atom stereocenters. The summed E-state index contributed by atoms with van der Waals surface area (Å²) in [5.74, 6) is 0.682. The summed E-state index contributed by atoms with van der Waals surface area (Å²) < 4.78 is 1.16. The maximum absolute atomic E-state index is 12.8. The summed E-state index contributed by atoms with van der Waals surface area (Å²) in [6.45, 7) is 7.77. The number of aromatic nitrogens is 1. The van der Waals surface area contributed by atoms with Crippen molar-refractivity contribution in [1.29, 1.82) is 0 Å². The van der Waals surface area contributed by atoms with Crippen LogP contribution in [0.4, 0.5) is 0 Å². The molecule has 28 heavy (non-hydrogen) atoms. The van der Waals surface area contributed by atoms with E-state index in [9.17, 15) is 4.79 Å². The molecule has 2 aromatic carbocycles. The first-order chi connectivity index (χ1) is 13.3. The molecule has 1 amide bonds. The van der Waals surface area contributed by atoms with Crippen LogP contribution < -0.4 is 4.90 Å². The van der Waals surface area contributed by atoms with Crippen LogP contribution in [0, 0.1) is 0 Å². The zero-order chi connectivity index (χ0) is 20.3. The monoisotopic (exact) mass is 396 g/mol. The Morgan fingerprint density at radius 3 is 2.43 bits per heavy atom. The van der Waals surface area contributed by atoms with Gasteiger partial charge in [0.2, 0.25) is 0 Å². The third-order valence-electron chi connectivity index (χ3n) is 5.25. The number of nitrogens with zero attached hydrogens (tertiary/aromatic N) is 2. The molecular formula is C23H30N3OS+. The molecule has 3 rings (SSSR count). The molecule has 0 fully saturated rings. The van der Waals surface area contributed by atoms with E-state index in [-0.39, 0.29) is 11.9 Å². The van der Waals surface area contributed by atoms with Crippen LogP contribution >= 0.6 is 11.3 Å². The lowest BCUT2D eigenvalue weighted by Gasteiger charge is -2.24. The Morgan fingerprint density at radius 2 is 1.79 bits per heavy atom. The predicted octanol–water partition coefficient (Wildman–Crippen LogP) is 3.65. The number of nitrogens with one attached hydrogen (secondary N) is 1. The van der Waals surface area contributed by atoms with Gasteiger partial charge in [0, 0.05) is 12.6 Å². The van der Waals surface area contributed by atoms with Crippen LogP contribution in [0.1, 0.15) is 48.9 Å². The van der Waals surface area contributed by atoms with E-state index in [4.69, 9.17) is 4.98 Å². The van der Waals surface area contributed by atoms with Gasteiger partial charge >= 0.3 is 0 Å². The number of fused-ring (bicyclic) bond motifs is 1. The summed E-state index contributed by atoms with van der Waals surface area (Å²) in [5.41, 5.74) is 3.61. The number of benzene rings is 2. The number of carbonyl (C=O) groups excluding carboxylic acids is 1. The number of para-hydroxylation sites is 1. The van der Waals surface area contributed by atoms with Crippen molar-refractivity contribution in [1.82, 2.24) is 9.88 Å². The lowest BCUT2D eigenvalue weighted by atomic mass is 10.0. The van der Waals surface area contributed by atoms with E-state index in [1.165, 1.54) is 16.0 Å². The zero-order valence-electron chi connectivity index (χ0n) is 17.4. The van der Waals surface area contributed by atoms with Crippen molar-refractivity contribution in [2.45, 2.75) is 39.3 Å². The number of quaternary nitrogens is 1. The van der Waals surface area contributed by atoms with Gasteiger partial charge in [-0.3, -0.25) is 4.79 Å². The third kappa shape index (κ3) is 4.78. The number of rotatable bonds is 7. The normalized spacial score (nSPS) is 13.6. The Hall–Kier alpha value is -2.24. The quantitative estimate of drug-likeness (QED) is 0.662. The average molecular weight is 397 g/mol. The first-order valence-corrected chi connectivity index (χ1v) is 10.7. The van der Waals surface area contributed by atoms with E-state index in [0.717, 1.165) is 21.8 Å². The molecule has 0 saturated heterocycles.